The summed E-state index contributed by atoms with van der Waals surface area (Å²) in [5, 5.41) is 3.20. The van der Waals surface area contributed by atoms with Gasteiger partial charge in [0.25, 0.3) is 5.91 Å². The number of likely N-dealkylation sites (tertiary alicyclic amines) is 1. The Labute approximate surface area is 142 Å². The zero-order chi connectivity index (χ0) is 14.5. The van der Waals surface area contributed by atoms with Crippen LogP contribution in [0.15, 0.2) is 22.7 Å². The fraction of sp³-hybridized carbons (Fsp3) is 0.533. The molecule has 20 heavy (non-hydrogen) atoms. The molecule has 3 nitrogen and oxygen atoms in total. The Hall–Kier alpha value is -0.140. The van der Waals surface area contributed by atoms with Crippen LogP contribution in [0.3, 0.4) is 0 Å². The summed E-state index contributed by atoms with van der Waals surface area (Å²) < 4.78 is 1.98. The van der Waals surface area contributed by atoms with E-state index in [9.17, 15) is 4.79 Å². The lowest BCUT2D eigenvalue weighted by molar-refractivity contribution is 0.0686. The third kappa shape index (κ3) is 4.18. The molecule has 1 heterocycles. The second-order valence-corrected chi connectivity index (χ2v) is 7.35. The molecule has 1 saturated heterocycles. The quantitative estimate of drug-likeness (QED) is 0.712. The lowest BCUT2D eigenvalue weighted by Gasteiger charge is -2.32. The van der Waals surface area contributed by atoms with E-state index < -0.39 is 0 Å². The summed E-state index contributed by atoms with van der Waals surface area (Å²) in [5.74, 6) is 0.910. The van der Waals surface area contributed by atoms with Crippen molar-refractivity contribution in [2.24, 2.45) is 5.92 Å². The Balaban J connectivity index is 1.96. The first-order valence-electron chi connectivity index (χ1n) is 7.00. The van der Waals surface area contributed by atoms with Gasteiger partial charge in [-0.15, -0.1) is 0 Å². The first-order chi connectivity index (χ1) is 9.61. The molecular formula is C15H20BrIN2O. The molecule has 2 rings (SSSR count). The Morgan fingerprint density at radius 2 is 2.15 bits per heavy atom. The number of rotatable bonds is 4. The van der Waals surface area contributed by atoms with Gasteiger partial charge in [-0.2, -0.15) is 0 Å². The van der Waals surface area contributed by atoms with Crippen molar-refractivity contribution < 1.29 is 4.79 Å². The molecule has 1 N–H and O–H groups in total. The highest BCUT2D eigenvalue weighted by atomic mass is 127. The minimum absolute atomic E-state index is 0.155. The zero-order valence-electron chi connectivity index (χ0n) is 11.7. The van der Waals surface area contributed by atoms with Crippen molar-refractivity contribution in [3.63, 3.8) is 0 Å². The Morgan fingerprint density at radius 1 is 1.45 bits per heavy atom. The maximum Gasteiger partial charge on any atom is 0.255 e. The molecule has 0 saturated carbocycles. The molecule has 1 aromatic rings. The smallest absolute Gasteiger partial charge is 0.255 e. The maximum absolute atomic E-state index is 12.6. The topological polar surface area (TPSA) is 32.3 Å². The average molecular weight is 451 g/mol. The van der Waals surface area contributed by atoms with E-state index in [1.165, 1.54) is 6.42 Å². The maximum atomic E-state index is 12.6. The van der Waals surface area contributed by atoms with Gasteiger partial charge in [-0.1, -0.05) is 0 Å². The van der Waals surface area contributed by atoms with Crippen LogP contribution in [0, 0.1) is 9.49 Å². The average Bonchev–Trinajstić information content (AvgIpc) is 2.47. The number of benzene rings is 1. The van der Waals surface area contributed by atoms with E-state index in [0.717, 1.165) is 52.0 Å². The second-order valence-electron chi connectivity index (χ2n) is 5.25. The Kier molecular flexibility index (Phi) is 6.29. The van der Waals surface area contributed by atoms with E-state index in [4.69, 9.17) is 0 Å². The number of amides is 1. The molecule has 0 aromatic heterocycles. The van der Waals surface area contributed by atoms with Gasteiger partial charge >= 0.3 is 0 Å². The molecule has 0 atom stereocenters. The largest absolute Gasteiger partial charge is 0.339 e. The molecule has 0 aliphatic carbocycles. The van der Waals surface area contributed by atoms with Gasteiger partial charge in [0, 0.05) is 21.1 Å². The monoisotopic (exact) mass is 450 g/mol. The summed E-state index contributed by atoms with van der Waals surface area (Å²) in [6.07, 6.45) is 3.45. The highest BCUT2D eigenvalue weighted by Crippen LogP contribution is 2.25. The Morgan fingerprint density at radius 3 is 2.80 bits per heavy atom. The second kappa shape index (κ2) is 7.75. The van der Waals surface area contributed by atoms with Crippen molar-refractivity contribution >= 4 is 44.4 Å². The van der Waals surface area contributed by atoms with Crippen LogP contribution >= 0.6 is 38.5 Å². The number of halogens is 2. The molecule has 1 aliphatic rings. The summed E-state index contributed by atoms with van der Waals surface area (Å²) in [6.45, 7) is 2.83. The summed E-state index contributed by atoms with van der Waals surface area (Å²) in [7, 11) is 1.99. The fourth-order valence-electron chi connectivity index (χ4n) is 2.60. The SMILES string of the molecule is CNCCC1CCN(C(=O)c2cc(I)ccc2Br)CC1. The number of nitrogens with zero attached hydrogens (tertiary/aromatic N) is 1. The van der Waals surface area contributed by atoms with Crippen LogP contribution in [0.4, 0.5) is 0 Å². The van der Waals surface area contributed by atoms with Crippen LogP contribution in [0.1, 0.15) is 29.6 Å². The number of carbonyl (C=O) groups is 1. The summed E-state index contributed by atoms with van der Waals surface area (Å²) in [6, 6.07) is 5.92. The number of hydrogen-bond donors (Lipinski definition) is 1. The number of hydrogen-bond acceptors (Lipinski definition) is 2. The van der Waals surface area contributed by atoms with Crippen LogP contribution in [-0.4, -0.2) is 37.5 Å². The lowest BCUT2D eigenvalue weighted by Crippen LogP contribution is -2.39. The molecule has 1 fully saturated rings. The van der Waals surface area contributed by atoms with Crippen LogP contribution in [0.25, 0.3) is 0 Å². The van der Waals surface area contributed by atoms with Gasteiger partial charge < -0.3 is 10.2 Å². The first kappa shape index (κ1) is 16.2. The highest BCUT2D eigenvalue weighted by molar-refractivity contribution is 14.1. The van der Waals surface area contributed by atoms with Crippen molar-refractivity contribution in [3.05, 3.63) is 31.8 Å². The summed E-state index contributed by atoms with van der Waals surface area (Å²) in [4.78, 5) is 14.6. The van der Waals surface area contributed by atoms with Gasteiger partial charge in [-0.05, 0) is 95.5 Å². The van der Waals surface area contributed by atoms with E-state index in [0.29, 0.717) is 0 Å². The van der Waals surface area contributed by atoms with Crippen molar-refractivity contribution in [2.45, 2.75) is 19.3 Å². The molecular weight excluding hydrogens is 431 g/mol. The van der Waals surface area contributed by atoms with Gasteiger partial charge in [-0.3, -0.25) is 4.79 Å². The minimum atomic E-state index is 0.155. The van der Waals surface area contributed by atoms with Gasteiger partial charge in [0.05, 0.1) is 5.56 Å². The van der Waals surface area contributed by atoms with Crippen LogP contribution in [0.2, 0.25) is 0 Å². The highest BCUT2D eigenvalue weighted by Gasteiger charge is 2.24. The van der Waals surface area contributed by atoms with Gasteiger partial charge in [-0.25, -0.2) is 0 Å². The van der Waals surface area contributed by atoms with E-state index >= 15 is 0 Å². The van der Waals surface area contributed by atoms with Crippen molar-refractivity contribution in [2.75, 3.05) is 26.7 Å². The summed E-state index contributed by atoms with van der Waals surface area (Å²) in [5.41, 5.74) is 0.783. The normalized spacial score (nSPS) is 16.4. The van der Waals surface area contributed by atoms with Gasteiger partial charge in [0.15, 0.2) is 0 Å². The third-order valence-corrected chi connectivity index (χ3v) is 5.23. The van der Waals surface area contributed by atoms with E-state index in [1.54, 1.807) is 0 Å². The number of carbonyl (C=O) groups excluding carboxylic acids is 1. The van der Waals surface area contributed by atoms with Crippen molar-refractivity contribution in [1.82, 2.24) is 10.2 Å². The number of nitrogens with one attached hydrogen (secondary N) is 1. The van der Waals surface area contributed by atoms with Gasteiger partial charge in [0.2, 0.25) is 0 Å². The van der Waals surface area contributed by atoms with Crippen LogP contribution < -0.4 is 5.32 Å². The van der Waals surface area contributed by atoms with Crippen molar-refractivity contribution in [3.8, 4) is 0 Å². The molecule has 110 valence electrons. The number of piperidine rings is 1. The van der Waals surface area contributed by atoms with Crippen molar-refractivity contribution in [1.29, 1.82) is 0 Å². The van der Waals surface area contributed by atoms with Gasteiger partial charge in [0.1, 0.15) is 0 Å². The fourth-order valence-corrected chi connectivity index (χ4v) is 3.51. The predicted octanol–water partition coefficient (Wildman–Crippen LogP) is 3.52. The molecule has 0 radical (unpaired) electrons. The molecule has 5 heteroatoms. The molecule has 1 aliphatic heterocycles. The molecule has 0 unspecified atom stereocenters. The molecule has 0 bridgehead atoms. The standard InChI is InChI=1S/C15H20BrIN2O/c1-18-7-4-11-5-8-19(9-6-11)15(20)13-10-12(17)2-3-14(13)16/h2-3,10-11,18H,4-9H2,1H3. The molecule has 0 spiro atoms. The lowest BCUT2D eigenvalue weighted by atomic mass is 9.93. The van der Waals surface area contributed by atoms with E-state index in [-0.39, 0.29) is 5.91 Å². The Bertz CT molecular complexity index is 473. The zero-order valence-corrected chi connectivity index (χ0v) is 15.4. The van der Waals surface area contributed by atoms with E-state index in [1.807, 2.05) is 30.1 Å². The predicted molar refractivity (Wildman–Crippen MR) is 94.0 cm³/mol. The van der Waals surface area contributed by atoms with Crippen LogP contribution in [-0.2, 0) is 0 Å². The molecule has 1 amide bonds. The minimum Gasteiger partial charge on any atom is -0.339 e. The van der Waals surface area contributed by atoms with E-state index in [2.05, 4.69) is 43.8 Å². The summed E-state index contributed by atoms with van der Waals surface area (Å²) >= 11 is 5.73. The third-order valence-electron chi connectivity index (χ3n) is 3.86. The van der Waals surface area contributed by atoms with Crippen LogP contribution in [0.5, 0.6) is 0 Å². The first-order valence-corrected chi connectivity index (χ1v) is 8.88. The molecule has 1 aromatic carbocycles.